The van der Waals surface area contributed by atoms with Gasteiger partial charge >= 0.3 is 12.1 Å². The summed E-state index contributed by atoms with van der Waals surface area (Å²) in [7, 11) is 0. The Morgan fingerprint density at radius 1 is 1.04 bits per heavy atom. The van der Waals surface area contributed by atoms with Crippen molar-refractivity contribution in [1.82, 2.24) is 0 Å². The van der Waals surface area contributed by atoms with Crippen LogP contribution in [0.5, 0.6) is 0 Å². The van der Waals surface area contributed by atoms with E-state index in [1.807, 2.05) is 30.3 Å². The van der Waals surface area contributed by atoms with Crippen LogP contribution in [0.25, 0.3) is 11.1 Å². The maximum Gasteiger partial charge on any atom is 0.412 e. The van der Waals surface area contributed by atoms with Crippen LogP contribution in [0.3, 0.4) is 0 Å². The van der Waals surface area contributed by atoms with Crippen LogP contribution in [-0.4, -0.2) is 22.8 Å². The number of carbonyl (C=O) groups is 2. The summed E-state index contributed by atoms with van der Waals surface area (Å²) >= 11 is 0. The van der Waals surface area contributed by atoms with Crippen molar-refractivity contribution >= 4 is 17.7 Å². The van der Waals surface area contributed by atoms with Gasteiger partial charge in [-0.1, -0.05) is 30.3 Å². The molecule has 120 valence electrons. The van der Waals surface area contributed by atoms with Crippen LogP contribution < -0.4 is 5.32 Å². The van der Waals surface area contributed by atoms with Crippen molar-refractivity contribution in [3.8, 4) is 11.1 Å². The van der Waals surface area contributed by atoms with E-state index in [2.05, 4.69) is 5.32 Å². The molecule has 1 amide bonds. The molecule has 23 heavy (non-hydrogen) atoms. The van der Waals surface area contributed by atoms with Crippen molar-refractivity contribution in [1.29, 1.82) is 0 Å². The lowest BCUT2D eigenvalue weighted by molar-refractivity contribution is 0.0634. The van der Waals surface area contributed by atoms with E-state index in [1.165, 1.54) is 6.07 Å². The number of benzene rings is 2. The fourth-order valence-electron chi connectivity index (χ4n) is 2.09. The van der Waals surface area contributed by atoms with Gasteiger partial charge in [0.2, 0.25) is 0 Å². The minimum absolute atomic E-state index is 0.172. The van der Waals surface area contributed by atoms with E-state index in [0.29, 0.717) is 11.3 Å². The molecule has 0 aliphatic rings. The van der Waals surface area contributed by atoms with Crippen molar-refractivity contribution in [3.05, 3.63) is 54.1 Å². The van der Waals surface area contributed by atoms with Crippen molar-refractivity contribution in [2.45, 2.75) is 26.4 Å². The molecule has 0 saturated heterocycles. The summed E-state index contributed by atoms with van der Waals surface area (Å²) in [4.78, 5) is 23.2. The first-order valence-corrected chi connectivity index (χ1v) is 7.19. The number of hydrogen-bond donors (Lipinski definition) is 2. The Morgan fingerprint density at radius 2 is 1.70 bits per heavy atom. The fourth-order valence-corrected chi connectivity index (χ4v) is 2.09. The number of anilines is 1. The molecule has 2 aromatic carbocycles. The molecule has 5 nitrogen and oxygen atoms in total. The summed E-state index contributed by atoms with van der Waals surface area (Å²) in [5.74, 6) is -1.02. The lowest BCUT2D eigenvalue weighted by Gasteiger charge is -2.20. The minimum Gasteiger partial charge on any atom is -0.478 e. The molecule has 0 aliphatic carbocycles. The minimum atomic E-state index is -1.02. The largest absolute Gasteiger partial charge is 0.478 e. The predicted octanol–water partition coefficient (Wildman–Crippen LogP) is 4.40. The zero-order chi connectivity index (χ0) is 17.0. The molecule has 0 atom stereocenters. The molecule has 0 radical (unpaired) electrons. The average Bonchev–Trinajstić information content (AvgIpc) is 2.45. The summed E-state index contributed by atoms with van der Waals surface area (Å²) in [6, 6.07) is 13.8. The standard InChI is InChI=1S/C18H19NO4/c1-18(2,3)23-17(22)19-13-9-10-14(16(20)21)15(11-13)12-7-5-4-6-8-12/h4-11H,1-3H3,(H,19,22)(H,20,21). The molecule has 0 bridgehead atoms. The van der Waals surface area contributed by atoms with Crippen LogP contribution in [-0.2, 0) is 4.74 Å². The van der Waals surface area contributed by atoms with Crippen molar-refractivity contribution in [3.63, 3.8) is 0 Å². The quantitative estimate of drug-likeness (QED) is 0.880. The molecule has 2 aromatic rings. The second-order valence-corrected chi connectivity index (χ2v) is 6.06. The topological polar surface area (TPSA) is 75.6 Å². The number of carbonyl (C=O) groups excluding carboxylic acids is 1. The van der Waals surface area contributed by atoms with Gasteiger partial charge in [0.1, 0.15) is 5.60 Å². The highest BCUT2D eigenvalue weighted by atomic mass is 16.6. The van der Waals surface area contributed by atoms with Gasteiger partial charge in [-0.3, -0.25) is 5.32 Å². The van der Waals surface area contributed by atoms with Gasteiger partial charge in [0.25, 0.3) is 0 Å². The van der Waals surface area contributed by atoms with Crippen LogP contribution in [0.2, 0.25) is 0 Å². The zero-order valence-corrected chi connectivity index (χ0v) is 13.3. The molecule has 0 fully saturated rings. The first-order valence-electron chi connectivity index (χ1n) is 7.19. The summed E-state index contributed by atoms with van der Waals surface area (Å²) in [6.07, 6.45) is -0.584. The van der Waals surface area contributed by atoms with E-state index < -0.39 is 17.7 Å². The monoisotopic (exact) mass is 313 g/mol. The van der Waals surface area contributed by atoms with Gasteiger partial charge in [-0.05, 0) is 50.1 Å². The Kier molecular flexibility index (Phi) is 4.69. The average molecular weight is 313 g/mol. The smallest absolute Gasteiger partial charge is 0.412 e. The highest BCUT2D eigenvalue weighted by Gasteiger charge is 2.17. The number of amides is 1. The van der Waals surface area contributed by atoms with Gasteiger partial charge in [0.05, 0.1) is 5.56 Å². The number of carboxylic acid groups (broad SMARTS) is 1. The predicted molar refractivity (Wildman–Crippen MR) is 88.7 cm³/mol. The SMILES string of the molecule is CC(C)(C)OC(=O)Nc1ccc(C(=O)O)c(-c2ccccc2)c1. The molecular weight excluding hydrogens is 294 g/mol. The molecule has 0 spiro atoms. The Bertz CT molecular complexity index is 718. The van der Waals surface area contributed by atoms with Gasteiger partial charge in [-0.2, -0.15) is 0 Å². The Hall–Kier alpha value is -2.82. The molecule has 5 heteroatoms. The van der Waals surface area contributed by atoms with E-state index >= 15 is 0 Å². The van der Waals surface area contributed by atoms with Gasteiger partial charge < -0.3 is 9.84 Å². The van der Waals surface area contributed by atoms with Gasteiger partial charge in [-0.25, -0.2) is 9.59 Å². The summed E-state index contributed by atoms with van der Waals surface area (Å²) in [5, 5.41) is 12.0. The Balaban J connectivity index is 2.34. The van der Waals surface area contributed by atoms with E-state index in [-0.39, 0.29) is 5.56 Å². The summed E-state index contributed by atoms with van der Waals surface area (Å²) < 4.78 is 5.20. The van der Waals surface area contributed by atoms with E-state index in [9.17, 15) is 14.7 Å². The molecular formula is C18H19NO4. The Labute approximate surface area is 134 Å². The number of carboxylic acids is 1. The van der Waals surface area contributed by atoms with Gasteiger partial charge in [0, 0.05) is 5.69 Å². The van der Waals surface area contributed by atoms with Crippen molar-refractivity contribution in [2.24, 2.45) is 0 Å². The number of ether oxygens (including phenoxy) is 1. The molecule has 0 heterocycles. The third-order valence-electron chi connectivity index (χ3n) is 2.98. The van der Waals surface area contributed by atoms with Gasteiger partial charge in [-0.15, -0.1) is 0 Å². The third kappa shape index (κ3) is 4.57. The normalized spacial score (nSPS) is 10.9. The second kappa shape index (κ2) is 6.52. The zero-order valence-electron chi connectivity index (χ0n) is 13.3. The first kappa shape index (κ1) is 16.5. The number of rotatable bonds is 3. The highest BCUT2D eigenvalue weighted by molar-refractivity contribution is 5.98. The number of aromatic carboxylic acids is 1. The van der Waals surface area contributed by atoms with Crippen LogP contribution in [0.15, 0.2) is 48.5 Å². The molecule has 0 unspecified atom stereocenters. The molecule has 2 rings (SSSR count). The number of hydrogen-bond acceptors (Lipinski definition) is 3. The van der Waals surface area contributed by atoms with Gasteiger partial charge in [0.15, 0.2) is 0 Å². The third-order valence-corrected chi connectivity index (χ3v) is 2.98. The summed E-state index contributed by atoms with van der Waals surface area (Å²) in [5.41, 5.74) is 1.34. The lowest BCUT2D eigenvalue weighted by atomic mass is 9.99. The maximum absolute atomic E-state index is 11.8. The van der Waals surface area contributed by atoms with Crippen LogP contribution in [0.4, 0.5) is 10.5 Å². The van der Waals surface area contributed by atoms with Crippen LogP contribution >= 0.6 is 0 Å². The number of nitrogens with one attached hydrogen (secondary N) is 1. The summed E-state index contributed by atoms with van der Waals surface area (Å²) in [6.45, 7) is 5.32. The van der Waals surface area contributed by atoms with E-state index in [0.717, 1.165) is 5.56 Å². The molecule has 0 aliphatic heterocycles. The van der Waals surface area contributed by atoms with Crippen LogP contribution in [0, 0.1) is 0 Å². The van der Waals surface area contributed by atoms with E-state index in [4.69, 9.17) is 4.74 Å². The fraction of sp³-hybridized carbons (Fsp3) is 0.222. The second-order valence-electron chi connectivity index (χ2n) is 6.06. The van der Waals surface area contributed by atoms with Crippen LogP contribution in [0.1, 0.15) is 31.1 Å². The maximum atomic E-state index is 11.8. The Morgan fingerprint density at radius 3 is 2.26 bits per heavy atom. The van der Waals surface area contributed by atoms with Crippen molar-refractivity contribution < 1.29 is 19.4 Å². The first-order chi connectivity index (χ1) is 10.8. The lowest BCUT2D eigenvalue weighted by Crippen LogP contribution is -2.27. The van der Waals surface area contributed by atoms with Crippen molar-refractivity contribution in [2.75, 3.05) is 5.32 Å². The molecule has 0 saturated carbocycles. The molecule has 2 N–H and O–H groups in total. The molecule has 0 aromatic heterocycles. The van der Waals surface area contributed by atoms with E-state index in [1.54, 1.807) is 32.9 Å². The highest BCUT2D eigenvalue weighted by Crippen LogP contribution is 2.27.